The van der Waals surface area contributed by atoms with Crippen LogP contribution in [0.3, 0.4) is 0 Å². The molecule has 0 aliphatic rings. The topological polar surface area (TPSA) is 64.3 Å². The van der Waals surface area contributed by atoms with E-state index in [1.165, 1.54) is 25.3 Å². The summed E-state index contributed by atoms with van der Waals surface area (Å²) in [6.45, 7) is 0. The second-order valence-electron chi connectivity index (χ2n) is 3.92. The first-order chi connectivity index (χ1) is 9.10. The van der Waals surface area contributed by atoms with Crippen molar-refractivity contribution in [2.75, 3.05) is 18.2 Å². The van der Waals surface area contributed by atoms with E-state index in [0.717, 1.165) is 0 Å². The Hall–Kier alpha value is -2.56. The van der Waals surface area contributed by atoms with Gasteiger partial charge in [-0.3, -0.25) is 4.79 Å². The van der Waals surface area contributed by atoms with E-state index in [2.05, 4.69) is 5.32 Å². The summed E-state index contributed by atoms with van der Waals surface area (Å²) in [5.41, 5.74) is 6.39. The van der Waals surface area contributed by atoms with Gasteiger partial charge in [0.25, 0.3) is 5.91 Å². The van der Waals surface area contributed by atoms with E-state index in [0.29, 0.717) is 17.0 Å². The minimum absolute atomic E-state index is 0.0563. The average molecular weight is 260 g/mol. The maximum absolute atomic E-state index is 13.5. The van der Waals surface area contributed by atoms with Crippen molar-refractivity contribution in [3.8, 4) is 5.75 Å². The van der Waals surface area contributed by atoms with Gasteiger partial charge < -0.3 is 15.8 Å². The van der Waals surface area contributed by atoms with Crippen LogP contribution in [0.2, 0.25) is 0 Å². The smallest absolute Gasteiger partial charge is 0.255 e. The van der Waals surface area contributed by atoms with Crippen molar-refractivity contribution in [2.24, 2.45) is 0 Å². The predicted molar refractivity (Wildman–Crippen MR) is 71.8 cm³/mol. The van der Waals surface area contributed by atoms with Crippen LogP contribution in [0.5, 0.6) is 5.75 Å². The zero-order valence-corrected chi connectivity index (χ0v) is 10.3. The van der Waals surface area contributed by atoms with Crippen molar-refractivity contribution in [3.05, 3.63) is 53.8 Å². The van der Waals surface area contributed by atoms with Crippen molar-refractivity contribution in [1.29, 1.82) is 0 Å². The van der Waals surface area contributed by atoms with Gasteiger partial charge in [0.1, 0.15) is 11.6 Å². The summed E-state index contributed by atoms with van der Waals surface area (Å²) in [7, 11) is 1.54. The fraction of sp³-hybridized carbons (Fsp3) is 0.0714. The van der Waals surface area contributed by atoms with Crippen LogP contribution in [0.1, 0.15) is 10.4 Å². The number of nitrogens with two attached hydrogens (primary N) is 1. The molecule has 0 aromatic heterocycles. The number of amides is 1. The van der Waals surface area contributed by atoms with E-state index in [1.54, 1.807) is 24.3 Å². The lowest BCUT2D eigenvalue weighted by molar-refractivity contribution is 0.102. The second-order valence-corrected chi connectivity index (χ2v) is 3.92. The van der Waals surface area contributed by atoms with E-state index in [4.69, 9.17) is 10.5 Å². The number of nitrogen functional groups attached to an aromatic ring is 1. The van der Waals surface area contributed by atoms with Crippen molar-refractivity contribution in [3.63, 3.8) is 0 Å². The van der Waals surface area contributed by atoms with Crippen molar-refractivity contribution < 1.29 is 13.9 Å². The molecule has 1 amide bonds. The summed E-state index contributed by atoms with van der Waals surface area (Å²) < 4.78 is 18.5. The second kappa shape index (κ2) is 5.39. The Balaban J connectivity index is 2.18. The molecular weight excluding hydrogens is 247 g/mol. The molecule has 4 nitrogen and oxygen atoms in total. The molecular formula is C14H13FN2O2. The van der Waals surface area contributed by atoms with Crippen LogP contribution in [0.25, 0.3) is 0 Å². The molecule has 2 rings (SSSR count). The van der Waals surface area contributed by atoms with Gasteiger partial charge in [-0.25, -0.2) is 4.39 Å². The Kier molecular flexibility index (Phi) is 3.66. The number of rotatable bonds is 3. The van der Waals surface area contributed by atoms with Gasteiger partial charge in [-0.15, -0.1) is 0 Å². The molecule has 0 saturated heterocycles. The highest BCUT2D eigenvalue weighted by molar-refractivity contribution is 6.04. The normalized spacial score (nSPS) is 10.0. The average Bonchev–Trinajstić information content (AvgIpc) is 2.43. The summed E-state index contributed by atoms with van der Waals surface area (Å²) in [4.78, 5) is 11.9. The van der Waals surface area contributed by atoms with Crippen LogP contribution >= 0.6 is 0 Å². The zero-order chi connectivity index (χ0) is 13.8. The Labute approximate surface area is 110 Å². The summed E-state index contributed by atoms with van der Waals surface area (Å²) in [5.74, 6) is -0.296. The molecule has 98 valence electrons. The number of methoxy groups -OCH3 is 1. The van der Waals surface area contributed by atoms with Crippen LogP contribution in [-0.4, -0.2) is 13.0 Å². The van der Waals surface area contributed by atoms with Gasteiger partial charge in [0.2, 0.25) is 0 Å². The SMILES string of the molecule is COc1ccc(C(=O)Nc2cc(N)ccc2F)cc1. The fourth-order valence-corrected chi connectivity index (χ4v) is 1.58. The molecule has 0 bridgehead atoms. The number of carbonyl (C=O) groups is 1. The van der Waals surface area contributed by atoms with Crippen LogP contribution in [0, 0.1) is 5.82 Å². The van der Waals surface area contributed by atoms with Gasteiger partial charge in [0.15, 0.2) is 0 Å². The van der Waals surface area contributed by atoms with E-state index in [9.17, 15) is 9.18 Å². The molecule has 0 fully saturated rings. The Bertz CT molecular complexity index is 597. The number of ether oxygens (including phenoxy) is 1. The molecule has 19 heavy (non-hydrogen) atoms. The first-order valence-corrected chi connectivity index (χ1v) is 5.60. The number of halogens is 1. The molecule has 0 saturated carbocycles. The predicted octanol–water partition coefficient (Wildman–Crippen LogP) is 2.67. The molecule has 3 N–H and O–H groups in total. The van der Waals surface area contributed by atoms with Gasteiger partial charge in [0, 0.05) is 11.3 Å². The Morgan fingerprint density at radius 1 is 1.21 bits per heavy atom. The minimum atomic E-state index is -0.531. The number of hydrogen-bond donors (Lipinski definition) is 2. The third-order valence-electron chi connectivity index (χ3n) is 2.59. The maximum Gasteiger partial charge on any atom is 0.255 e. The van der Waals surface area contributed by atoms with Gasteiger partial charge in [-0.2, -0.15) is 0 Å². The minimum Gasteiger partial charge on any atom is -0.497 e. The van der Waals surface area contributed by atoms with Crippen LogP contribution < -0.4 is 15.8 Å². The monoisotopic (exact) mass is 260 g/mol. The van der Waals surface area contributed by atoms with Crippen molar-refractivity contribution >= 4 is 17.3 Å². The van der Waals surface area contributed by atoms with E-state index < -0.39 is 11.7 Å². The molecule has 2 aromatic rings. The third-order valence-corrected chi connectivity index (χ3v) is 2.59. The highest BCUT2D eigenvalue weighted by Gasteiger charge is 2.09. The third kappa shape index (κ3) is 3.01. The molecule has 0 unspecified atom stereocenters. The molecule has 0 atom stereocenters. The number of carbonyl (C=O) groups excluding carboxylic acids is 1. The van der Waals surface area contributed by atoms with Gasteiger partial charge in [0.05, 0.1) is 12.8 Å². The van der Waals surface area contributed by atoms with Crippen LogP contribution in [0.4, 0.5) is 15.8 Å². The van der Waals surface area contributed by atoms with E-state index in [-0.39, 0.29) is 5.69 Å². The molecule has 0 heterocycles. The van der Waals surface area contributed by atoms with Crippen LogP contribution in [-0.2, 0) is 0 Å². The molecule has 0 aliphatic carbocycles. The number of benzene rings is 2. The largest absolute Gasteiger partial charge is 0.497 e. The van der Waals surface area contributed by atoms with Gasteiger partial charge >= 0.3 is 0 Å². The van der Waals surface area contributed by atoms with Crippen LogP contribution in [0.15, 0.2) is 42.5 Å². The number of anilines is 2. The highest BCUT2D eigenvalue weighted by Crippen LogP contribution is 2.19. The van der Waals surface area contributed by atoms with Crippen molar-refractivity contribution in [2.45, 2.75) is 0 Å². The lowest BCUT2D eigenvalue weighted by Gasteiger charge is -2.07. The number of hydrogen-bond acceptors (Lipinski definition) is 3. The van der Waals surface area contributed by atoms with Crippen molar-refractivity contribution in [1.82, 2.24) is 0 Å². The van der Waals surface area contributed by atoms with Gasteiger partial charge in [-0.1, -0.05) is 0 Å². The standard InChI is InChI=1S/C14H13FN2O2/c1-19-11-5-2-9(3-6-11)14(18)17-13-8-10(16)4-7-12(13)15/h2-8H,16H2,1H3,(H,17,18). The summed E-state index contributed by atoms with van der Waals surface area (Å²) in [6, 6.07) is 10.5. The molecule has 0 spiro atoms. The Morgan fingerprint density at radius 3 is 2.53 bits per heavy atom. The summed E-state index contributed by atoms with van der Waals surface area (Å²) >= 11 is 0. The first-order valence-electron chi connectivity index (χ1n) is 5.60. The zero-order valence-electron chi connectivity index (χ0n) is 10.3. The number of nitrogens with one attached hydrogen (secondary N) is 1. The fourth-order valence-electron chi connectivity index (χ4n) is 1.58. The lowest BCUT2D eigenvalue weighted by Crippen LogP contribution is -2.13. The molecule has 0 radical (unpaired) electrons. The quantitative estimate of drug-likeness (QED) is 0.834. The first kappa shape index (κ1) is 12.9. The van der Waals surface area contributed by atoms with E-state index >= 15 is 0 Å². The highest BCUT2D eigenvalue weighted by atomic mass is 19.1. The van der Waals surface area contributed by atoms with E-state index in [1.807, 2.05) is 0 Å². The summed E-state index contributed by atoms with van der Waals surface area (Å²) in [5, 5.41) is 2.47. The summed E-state index contributed by atoms with van der Waals surface area (Å²) in [6.07, 6.45) is 0. The molecule has 5 heteroatoms. The lowest BCUT2D eigenvalue weighted by atomic mass is 10.2. The van der Waals surface area contributed by atoms with Gasteiger partial charge in [-0.05, 0) is 42.5 Å². The Morgan fingerprint density at radius 2 is 1.89 bits per heavy atom. The molecule has 2 aromatic carbocycles. The maximum atomic E-state index is 13.5. The molecule has 0 aliphatic heterocycles.